The number of nitrogens with zero attached hydrogens (tertiary/aromatic N) is 1. The van der Waals surface area contributed by atoms with E-state index in [1.807, 2.05) is 26.8 Å². The Balaban J connectivity index is 2.25. The number of rotatable bonds is 2. The molecule has 5 heteroatoms. The number of hydrogen-bond donors (Lipinski definition) is 0. The summed E-state index contributed by atoms with van der Waals surface area (Å²) in [4.78, 5) is 25.9. The maximum atomic E-state index is 12.4. The number of carbonyl (C=O) groups is 2. The van der Waals surface area contributed by atoms with E-state index in [1.165, 1.54) is 7.11 Å². The van der Waals surface area contributed by atoms with E-state index in [9.17, 15) is 9.59 Å². The van der Waals surface area contributed by atoms with Crippen LogP contribution in [0.2, 0.25) is 0 Å². The predicted octanol–water partition coefficient (Wildman–Crippen LogP) is 2.36. The molecule has 2 aliphatic rings. The second-order valence-corrected chi connectivity index (χ2v) is 6.68. The first kappa shape index (κ1) is 14.9. The lowest BCUT2D eigenvalue weighted by Crippen LogP contribution is -2.46. The molecule has 0 unspecified atom stereocenters. The zero-order chi connectivity index (χ0) is 15.3. The minimum absolute atomic E-state index is 0.0149. The van der Waals surface area contributed by atoms with Crippen molar-refractivity contribution >= 4 is 12.1 Å². The lowest BCUT2D eigenvalue weighted by molar-refractivity contribution is -0.146. The summed E-state index contributed by atoms with van der Waals surface area (Å²) < 4.78 is 10.2. The van der Waals surface area contributed by atoms with Gasteiger partial charge in [-0.3, -0.25) is 4.90 Å². The number of piperidine rings is 1. The van der Waals surface area contributed by atoms with Gasteiger partial charge in [-0.25, -0.2) is 9.59 Å². The molecule has 1 amide bonds. The summed E-state index contributed by atoms with van der Waals surface area (Å²) in [6.07, 6.45) is 1.97. The molecule has 0 radical (unpaired) electrons. The van der Waals surface area contributed by atoms with Crippen molar-refractivity contribution in [3.63, 3.8) is 0 Å². The molecule has 0 aromatic heterocycles. The van der Waals surface area contributed by atoms with Gasteiger partial charge < -0.3 is 9.47 Å². The fraction of sp³-hybridized carbons (Fsp3) is 0.733. The number of ether oxygens (including phenoxy) is 2. The van der Waals surface area contributed by atoms with Gasteiger partial charge in [0, 0.05) is 11.5 Å². The van der Waals surface area contributed by atoms with Crippen molar-refractivity contribution in [2.24, 2.45) is 11.3 Å². The number of fused-ring (bicyclic) bond motifs is 1. The SMILES string of the molecule is C=C[C@@]12C[C@@H](C(=O)OC)N(C(=O)OC(C)(C)C)[C@@H]1[C@@H]2C. The highest BCUT2D eigenvalue weighted by molar-refractivity contribution is 5.84. The molecule has 5 nitrogen and oxygen atoms in total. The molecule has 1 aliphatic carbocycles. The van der Waals surface area contributed by atoms with Crippen LogP contribution in [-0.2, 0) is 14.3 Å². The van der Waals surface area contributed by atoms with Crippen LogP contribution in [0.3, 0.4) is 0 Å². The van der Waals surface area contributed by atoms with E-state index < -0.39 is 23.7 Å². The highest BCUT2D eigenvalue weighted by atomic mass is 16.6. The van der Waals surface area contributed by atoms with E-state index in [-0.39, 0.29) is 11.5 Å². The van der Waals surface area contributed by atoms with Gasteiger partial charge in [0.25, 0.3) is 0 Å². The molecule has 0 aromatic carbocycles. The lowest BCUT2D eigenvalue weighted by Gasteiger charge is -2.29. The minimum atomic E-state index is -0.588. The predicted molar refractivity (Wildman–Crippen MR) is 74.1 cm³/mol. The summed E-state index contributed by atoms with van der Waals surface area (Å²) in [5, 5.41) is 0. The highest BCUT2D eigenvalue weighted by Gasteiger charge is 2.72. The van der Waals surface area contributed by atoms with E-state index in [1.54, 1.807) is 4.90 Å². The molecule has 1 saturated heterocycles. The molecule has 0 spiro atoms. The van der Waals surface area contributed by atoms with Crippen LogP contribution in [0.1, 0.15) is 34.1 Å². The third-order valence-electron chi connectivity index (χ3n) is 4.40. The van der Waals surface area contributed by atoms with Gasteiger partial charge in [0.1, 0.15) is 11.6 Å². The Morgan fingerprint density at radius 1 is 1.40 bits per heavy atom. The minimum Gasteiger partial charge on any atom is -0.467 e. The summed E-state index contributed by atoms with van der Waals surface area (Å²) in [6.45, 7) is 11.4. The summed E-state index contributed by atoms with van der Waals surface area (Å²) in [5.41, 5.74) is -0.759. The van der Waals surface area contributed by atoms with Crippen LogP contribution in [0.4, 0.5) is 4.79 Å². The zero-order valence-corrected chi connectivity index (χ0v) is 12.8. The number of likely N-dealkylation sites (tertiary alicyclic amines) is 1. The first-order valence-corrected chi connectivity index (χ1v) is 6.90. The molecule has 0 aromatic rings. The van der Waals surface area contributed by atoms with Crippen LogP contribution >= 0.6 is 0 Å². The molecule has 1 heterocycles. The normalized spacial score (nSPS) is 35.2. The maximum absolute atomic E-state index is 12.4. The van der Waals surface area contributed by atoms with Crippen LogP contribution < -0.4 is 0 Å². The highest BCUT2D eigenvalue weighted by Crippen LogP contribution is 2.65. The van der Waals surface area contributed by atoms with Gasteiger partial charge in [-0.2, -0.15) is 0 Å². The zero-order valence-electron chi connectivity index (χ0n) is 12.8. The van der Waals surface area contributed by atoms with Gasteiger partial charge in [0.2, 0.25) is 0 Å². The number of hydrogen-bond acceptors (Lipinski definition) is 4. The molecule has 0 N–H and O–H groups in total. The summed E-state index contributed by atoms with van der Waals surface area (Å²) >= 11 is 0. The van der Waals surface area contributed by atoms with Crippen molar-refractivity contribution in [2.75, 3.05) is 7.11 Å². The molecular weight excluding hydrogens is 258 g/mol. The monoisotopic (exact) mass is 281 g/mol. The first-order valence-electron chi connectivity index (χ1n) is 6.90. The molecule has 20 heavy (non-hydrogen) atoms. The quantitative estimate of drug-likeness (QED) is 0.576. The van der Waals surface area contributed by atoms with Crippen LogP contribution in [0, 0.1) is 11.3 Å². The van der Waals surface area contributed by atoms with Crippen molar-refractivity contribution < 1.29 is 19.1 Å². The molecule has 1 saturated carbocycles. The van der Waals surface area contributed by atoms with Gasteiger partial charge in [-0.15, -0.1) is 6.58 Å². The number of methoxy groups -OCH3 is 1. The molecular formula is C15H23NO4. The molecule has 2 fully saturated rings. The topological polar surface area (TPSA) is 55.8 Å². The smallest absolute Gasteiger partial charge is 0.411 e. The third kappa shape index (κ3) is 2.09. The van der Waals surface area contributed by atoms with Gasteiger partial charge in [0.15, 0.2) is 0 Å². The summed E-state index contributed by atoms with van der Waals surface area (Å²) in [5.74, 6) is -0.0927. The van der Waals surface area contributed by atoms with Crippen LogP contribution in [0.25, 0.3) is 0 Å². The Kier molecular flexibility index (Phi) is 3.35. The molecule has 0 bridgehead atoms. The summed E-state index contributed by atoms with van der Waals surface area (Å²) in [7, 11) is 1.34. The van der Waals surface area contributed by atoms with E-state index >= 15 is 0 Å². The Morgan fingerprint density at radius 2 is 2.00 bits per heavy atom. The van der Waals surface area contributed by atoms with Gasteiger partial charge >= 0.3 is 12.1 Å². The maximum Gasteiger partial charge on any atom is 0.411 e. The van der Waals surface area contributed by atoms with E-state index in [4.69, 9.17) is 9.47 Å². The first-order chi connectivity index (χ1) is 9.18. The second kappa shape index (κ2) is 4.50. The standard InChI is InChI=1S/C15H23NO4/c1-7-15-8-10(12(17)19-6)16(11(15)9(15)2)13(18)20-14(3,4)5/h7,9-11H,1,8H2,2-6H3/t9-,10-,11+,15-/m0/s1. The molecule has 1 aliphatic heterocycles. The summed E-state index contributed by atoms with van der Waals surface area (Å²) in [6, 6.07) is -0.590. The molecule has 112 valence electrons. The lowest BCUT2D eigenvalue weighted by atomic mass is 9.97. The van der Waals surface area contributed by atoms with E-state index in [2.05, 4.69) is 13.5 Å². The fourth-order valence-electron chi connectivity index (χ4n) is 3.34. The Labute approximate surface area is 119 Å². The van der Waals surface area contributed by atoms with E-state index in [0.717, 1.165) is 0 Å². The van der Waals surface area contributed by atoms with Crippen molar-refractivity contribution in [3.8, 4) is 0 Å². The van der Waals surface area contributed by atoms with Crippen molar-refractivity contribution in [2.45, 2.75) is 51.8 Å². The average molecular weight is 281 g/mol. The van der Waals surface area contributed by atoms with Crippen LogP contribution in [0.5, 0.6) is 0 Å². The van der Waals surface area contributed by atoms with Gasteiger partial charge in [-0.05, 0) is 33.1 Å². The Morgan fingerprint density at radius 3 is 2.45 bits per heavy atom. The fourth-order valence-corrected chi connectivity index (χ4v) is 3.34. The van der Waals surface area contributed by atoms with Crippen molar-refractivity contribution in [1.29, 1.82) is 0 Å². The van der Waals surface area contributed by atoms with Crippen molar-refractivity contribution in [3.05, 3.63) is 12.7 Å². The van der Waals surface area contributed by atoms with Gasteiger partial charge in [-0.1, -0.05) is 13.0 Å². The Bertz CT molecular complexity index is 453. The van der Waals surface area contributed by atoms with Crippen molar-refractivity contribution in [1.82, 2.24) is 4.90 Å². The van der Waals surface area contributed by atoms with E-state index in [0.29, 0.717) is 12.3 Å². The second-order valence-electron chi connectivity index (χ2n) is 6.68. The molecule has 2 rings (SSSR count). The number of amides is 1. The van der Waals surface area contributed by atoms with Crippen LogP contribution in [0.15, 0.2) is 12.7 Å². The molecule has 4 atom stereocenters. The largest absolute Gasteiger partial charge is 0.467 e. The Hall–Kier alpha value is -1.52. The van der Waals surface area contributed by atoms with Gasteiger partial charge in [0.05, 0.1) is 7.11 Å². The third-order valence-corrected chi connectivity index (χ3v) is 4.40. The number of esters is 1. The average Bonchev–Trinajstić information content (AvgIpc) is 2.77. The van der Waals surface area contributed by atoms with Crippen LogP contribution in [-0.4, -0.2) is 41.8 Å². The number of carbonyl (C=O) groups excluding carboxylic acids is 2.